The van der Waals surface area contributed by atoms with E-state index in [0.29, 0.717) is 5.92 Å². The van der Waals surface area contributed by atoms with E-state index in [-0.39, 0.29) is 11.6 Å². The van der Waals surface area contributed by atoms with Crippen LogP contribution >= 0.6 is 0 Å². The van der Waals surface area contributed by atoms with Crippen molar-refractivity contribution in [3.63, 3.8) is 0 Å². The fraction of sp³-hybridized carbons (Fsp3) is 0.571. The molecule has 0 aromatic heterocycles. The van der Waals surface area contributed by atoms with E-state index in [2.05, 4.69) is 0 Å². The first-order chi connectivity index (χ1) is 7.77. The number of hydrogen-bond acceptors (Lipinski definition) is 2. The lowest BCUT2D eigenvalue weighted by molar-refractivity contribution is -0.115. The lowest BCUT2D eigenvalue weighted by atomic mass is 9.82. The summed E-state index contributed by atoms with van der Waals surface area (Å²) in [5, 5.41) is 0. The van der Waals surface area contributed by atoms with Crippen molar-refractivity contribution < 1.29 is 9.59 Å². The van der Waals surface area contributed by atoms with E-state index in [1.807, 2.05) is 0 Å². The van der Waals surface area contributed by atoms with Crippen molar-refractivity contribution in [1.82, 2.24) is 0 Å². The number of rotatable bonds is 1. The summed E-state index contributed by atoms with van der Waals surface area (Å²) in [6.07, 6.45) is 12.7. The summed E-state index contributed by atoms with van der Waals surface area (Å²) in [6, 6.07) is 0. The van der Waals surface area contributed by atoms with Crippen molar-refractivity contribution in [2.45, 2.75) is 44.9 Å². The molecule has 0 N–H and O–H groups in total. The van der Waals surface area contributed by atoms with Gasteiger partial charge in [-0.1, -0.05) is 32.1 Å². The summed E-state index contributed by atoms with van der Waals surface area (Å²) in [5.74, 6) is 0.337. The Hall–Kier alpha value is -1.18. The molecule has 2 aliphatic carbocycles. The molecule has 0 atom stereocenters. The van der Waals surface area contributed by atoms with Gasteiger partial charge in [0, 0.05) is 5.57 Å². The number of allylic oxidation sites excluding steroid dienone is 4. The third-order valence-corrected chi connectivity index (χ3v) is 3.53. The van der Waals surface area contributed by atoms with Crippen LogP contribution in [0.3, 0.4) is 0 Å². The van der Waals surface area contributed by atoms with Gasteiger partial charge in [0.25, 0.3) is 0 Å². The first-order valence-corrected chi connectivity index (χ1v) is 6.25. The van der Waals surface area contributed by atoms with Crippen LogP contribution in [0.1, 0.15) is 44.9 Å². The minimum Gasteiger partial charge on any atom is -0.290 e. The normalized spacial score (nSPS) is 23.9. The molecule has 0 radical (unpaired) electrons. The van der Waals surface area contributed by atoms with Gasteiger partial charge in [0.15, 0.2) is 11.6 Å². The third-order valence-electron chi connectivity index (χ3n) is 3.53. The molecule has 2 aliphatic rings. The van der Waals surface area contributed by atoms with Gasteiger partial charge in [0.1, 0.15) is 0 Å². The quantitative estimate of drug-likeness (QED) is 0.634. The molecule has 0 spiro atoms. The first kappa shape index (κ1) is 11.3. The second kappa shape index (κ2) is 5.24. The predicted octanol–water partition coefficient (Wildman–Crippen LogP) is 2.98. The van der Waals surface area contributed by atoms with Crippen molar-refractivity contribution in [2.75, 3.05) is 0 Å². The molecule has 0 saturated heterocycles. The van der Waals surface area contributed by atoms with Crippen molar-refractivity contribution in [1.29, 1.82) is 0 Å². The minimum atomic E-state index is -0.0309. The van der Waals surface area contributed by atoms with Gasteiger partial charge in [-0.15, -0.1) is 0 Å². The average Bonchev–Trinajstić information content (AvgIpc) is 2.22. The van der Waals surface area contributed by atoms with Crippen LogP contribution in [0.5, 0.6) is 0 Å². The van der Waals surface area contributed by atoms with Crippen molar-refractivity contribution in [3.8, 4) is 0 Å². The van der Waals surface area contributed by atoms with Crippen LogP contribution in [0.4, 0.5) is 0 Å². The average molecular weight is 218 g/mol. The molecule has 2 nitrogen and oxygen atoms in total. The van der Waals surface area contributed by atoms with E-state index in [1.165, 1.54) is 44.3 Å². The standard InChI is InChI=1S/C14H18O2/c15-12-8-9-14(16)13(10-12)11-6-4-2-1-3-5-7-11/h8-11H,1-7H2. The van der Waals surface area contributed by atoms with E-state index >= 15 is 0 Å². The summed E-state index contributed by atoms with van der Waals surface area (Å²) >= 11 is 0. The Bertz CT molecular complexity index is 342. The highest BCUT2D eigenvalue weighted by molar-refractivity contribution is 6.17. The van der Waals surface area contributed by atoms with Gasteiger partial charge >= 0.3 is 0 Å². The maximum absolute atomic E-state index is 11.7. The van der Waals surface area contributed by atoms with Gasteiger partial charge < -0.3 is 0 Å². The van der Waals surface area contributed by atoms with Gasteiger partial charge in [-0.2, -0.15) is 0 Å². The zero-order valence-corrected chi connectivity index (χ0v) is 9.58. The SMILES string of the molecule is O=C1C=CC(=O)C(C2CCCCCCC2)=C1. The van der Waals surface area contributed by atoms with E-state index in [1.54, 1.807) is 6.08 Å². The lowest BCUT2D eigenvalue weighted by Crippen LogP contribution is -2.17. The van der Waals surface area contributed by atoms with Crippen LogP contribution in [-0.4, -0.2) is 11.6 Å². The molecule has 2 heteroatoms. The van der Waals surface area contributed by atoms with E-state index in [9.17, 15) is 9.59 Å². The topological polar surface area (TPSA) is 34.1 Å². The molecule has 86 valence electrons. The summed E-state index contributed by atoms with van der Waals surface area (Å²) in [5.41, 5.74) is 0.759. The molecule has 0 bridgehead atoms. The number of carbonyl (C=O) groups excluding carboxylic acids is 2. The highest BCUT2D eigenvalue weighted by Crippen LogP contribution is 2.29. The second-order valence-corrected chi connectivity index (χ2v) is 4.74. The molecular formula is C14H18O2. The summed E-state index contributed by atoms with van der Waals surface area (Å²) in [4.78, 5) is 23.0. The molecule has 0 aliphatic heterocycles. The number of ketones is 2. The van der Waals surface area contributed by atoms with Crippen LogP contribution < -0.4 is 0 Å². The van der Waals surface area contributed by atoms with Crippen LogP contribution in [0.25, 0.3) is 0 Å². The minimum absolute atomic E-state index is 0.0309. The Morgan fingerprint density at radius 2 is 1.50 bits per heavy atom. The van der Waals surface area contributed by atoms with Gasteiger partial charge in [0.05, 0.1) is 0 Å². The Morgan fingerprint density at radius 3 is 2.19 bits per heavy atom. The fourth-order valence-electron chi connectivity index (χ4n) is 2.61. The zero-order valence-electron chi connectivity index (χ0n) is 9.58. The zero-order chi connectivity index (χ0) is 11.4. The summed E-state index contributed by atoms with van der Waals surface area (Å²) in [6.45, 7) is 0. The van der Waals surface area contributed by atoms with Crippen molar-refractivity contribution in [2.24, 2.45) is 5.92 Å². The monoisotopic (exact) mass is 218 g/mol. The Balaban J connectivity index is 2.09. The Labute approximate surface area is 96.4 Å². The third kappa shape index (κ3) is 2.69. The van der Waals surface area contributed by atoms with Gasteiger partial charge in [0.2, 0.25) is 0 Å². The smallest absolute Gasteiger partial charge is 0.182 e. The highest BCUT2D eigenvalue weighted by atomic mass is 16.1. The molecule has 0 aromatic rings. The maximum atomic E-state index is 11.7. The van der Waals surface area contributed by atoms with Crippen molar-refractivity contribution >= 4 is 11.6 Å². The lowest BCUT2D eigenvalue weighted by Gasteiger charge is -2.22. The Morgan fingerprint density at radius 1 is 0.875 bits per heavy atom. The predicted molar refractivity (Wildman–Crippen MR) is 63.0 cm³/mol. The Kier molecular flexibility index (Phi) is 3.70. The molecule has 0 amide bonds. The molecule has 16 heavy (non-hydrogen) atoms. The van der Waals surface area contributed by atoms with Crippen molar-refractivity contribution in [3.05, 3.63) is 23.8 Å². The molecule has 2 rings (SSSR count). The first-order valence-electron chi connectivity index (χ1n) is 6.25. The molecule has 0 unspecified atom stereocenters. The largest absolute Gasteiger partial charge is 0.290 e. The van der Waals surface area contributed by atoms with E-state index in [4.69, 9.17) is 0 Å². The van der Waals surface area contributed by atoms with E-state index in [0.717, 1.165) is 18.4 Å². The molecular weight excluding hydrogens is 200 g/mol. The summed E-state index contributed by atoms with van der Waals surface area (Å²) in [7, 11) is 0. The second-order valence-electron chi connectivity index (χ2n) is 4.74. The maximum Gasteiger partial charge on any atom is 0.182 e. The molecule has 1 saturated carbocycles. The van der Waals surface area contributed by atoms with Gasteiger partial charge in [-0.25, -0.2) is 0 Å². The van der Waals surface area contributed by atoms with Crippen LogP contribution in [0.15, 0.2) is 23.8 Å². The molecule has 0 aromatic carbocycles. The highest BCUT2D eigenvalue weighted by Gasteiger charge is 2.22. The van der Waals surface area contributed by atoms with Crippen LogP contribution in [-0.2, 0) is 9.59 Å². The van der Waals surface area contributed by atoms with Gasteiger partial charge in [-0.05, 0) is 37.0 Å². The molecule has 0 heterocycles. The number of carbonyl (C=O) groups is 2. The molecule has 1 fully saturated rings. The van der Waals surface area contributed by atoms with Crippen LogP contribution in [0, 0.1) is 5.92 Å². The van der Waals surface area contributed by atoms with Gasteiger partial charge in [-0.3, -0.25) is 9.59 Å². The fourth-order valence-corrected chi connectivity index (χ4v) is 2.61. The summed E-state index contributed by atoms with van der Waals surface area (Å²) < 4.78 is 0. The van der Waals surface area contributed by atoms with Crippen LogP contribution in [0.2, 0.25) is 0 Å². The van der Waals surface area contributed by atoms with E-state index < -0.39 is 0 Å². The number of hydrogen-bond donors (Lipinski definition) is 0.